The highest BCUT2D eigenvalue weighted by Gasteiger charge is 2.18. The Morgan fingerprint density at radius 1 is 1.19 bits per heavy atom. The molecule has 4 nitrogen and oxygen atoms in total. The van der Waals surface area contributed by atoms with Crippen molar-refractivity contribution in [3.05, 3.63) is 29.3 Å². The van der Waals surface area contributed by atoms with Gasteiger partial charge in [-0.2, -0.15) is 0 Å². The standard InChI is InChI=1S/C17H29N3O/c1-14(2)18-13-16-12-15(3)4-5-17(16)20-8-6-19(7-9-20)10-11-21/h4-5,12,14,18,21H,6-11,13H2,1-3H3. The third-order valence-corrected chi connectivity index (χ3v) is 4.06. The van der Waals surface area contributed by atoms with Crippen molar-refractivity contribution < 1.29 is 5.11 Å². The average molecular weight is 291 g/mol. The zero-order chi connectivity index (χ0) is 15.2. The second kappa shape index (κ2) is 7.78. The fourth-order valence-corrected chi connectivity index (χ4v) is 2.83. The quantitative estimate of drug-likeness (QED) is 0.835. The van der Waals surface area contributed by atoms with Gasteiger partial charge in [-0.25, -0.2) is 0 Å². The lowest BCUT2D eigenvalue weighted by molar-refractivity contribution is 0.188. The van der Waals surface area contributed by atoms with E-state index in [2.05, 4.69) is 54.1 Å². The molecule has 0 atom stereocenters. The fourth-order valence-electron chi connectivity index (χ4n) is 2.83. The first-order valence-corrected chi connectivity index (χ1v) is 8.01. The van der Waals surface area contributed by atoms with Gasteiger partial charge in [0.1, 0.15) is 0 Å². The monoisotopic (exact) mass is 291 g/mol. The number of β-amino-alcohol motifs (C(OH)–C–C–N with tert-alkyl or cyclic N) is 1. The normalized spacial score (nSPS) is 16.7. The number of nitrogens with one attached hydrogen (secondary N) is 1. The third kappa shape index (κ3) is 4.70. The molecule has 2 rings (SSSR count). The molecule has 1 heterocycles. The lowest BCUT2D eigenvalue weighted by Gasteiger charge is -2.37. The molecular formula is C17H29N3O. The number of nitrogens with zero attached hydrogens (tertiary/aromatic N) is 2. The number of benzene rings is 1. The van der Waals surface area contributed by atoms with Crippen molar-refractivity contribution in [1.29, 1.82) is 0 Å². The second-order valence-electron chi connectivity index (χ2n) is 6.22. The first-order valence-electron chi connectivity index (χ1n) is 8.01. The number of piperazine rings is 1. The summed E-state index contributed by atoms with van der Waals surface area (Å²) >= 11 is 0. The van der Waals surface area contributed by atoms with E-state index in [4.69, 9.17) is 5.11 Å². The summed E-state index contributed by atoms with van der Waals surface area (Å²) in [6, 6.07) is 7.26. The Hall–Kier alpha value is -1.10. The molecule has 1 aliphatic heterocycles. The van der Waals surface area contributed by atoms with Crippen LogP contribution >= 0.6 is 0 Å². The van der Waals surface area contributed by atoms with Crippen LogP contribution in [0.25, 0.3) is 0 Å². The topological polar surface area (TPSA) is 38.7 Å². The highest BCUT2D eigenvalue weighted by Crippen LogP contribution is 2.23. The molecule has 0 radical (unpaired) electrons. The molecular weight excluding hydrogens is 262 g/mol. The van der Waals surface area contributed by atoms with Crippen molar-refractivity contribution in [3.63, 3.8) is 0 Å². The van der Waals surface area contributed by atoms with Crippen molar-refractivity contribution >= 4 is 5.69 Å². The number of aliphatic hydroxyl groups excluding tert-OH is 1. The fraction of sp³-hybridized carbons (Fsp3) is 0.647. The molecule has 1 aliphatic rings. The number of aryl methyl sites for hydroxylation is 1. The average Bonchev–Trinajstić information content (AvgIpc) is 2.46. The molecule has 21 heavy (non-hydrogen) atoms. The Labute approximate surface area is 128 Å². The van der Waals surface area contributed by atoms with Crippen molar-refractivity contribution in [1.82, 2.24) is 10.2 Å². The van der Waals surface area contributed by atoms with Crippen LogP contribution in [-0.2, 0) is 6.54 Å². The van der Waals surface area contributed by atoms with Crippen molar-refractivity contribution in [2.75, 3.05) is 44.2 Å². The van der Waals surface area contributed by atoms with Crippen LogP contribution < -0.4 is 10.2 Å². The summed E-state index contributed by atoms with van der Waals surface area (Å²) in [6.45, 7) is 12.6. The van der Waals surface area contributed by atoms with Gasteiger partial charge in [-0.05, 0) is 18.6 Å². The van der Waals surface area contributed by atoms with Gasteiger partial charge in [0.25, 0.3) is 0 Å². The Kier molecular flexibility index (Phi) is 6.03. The summed E-state index contributed by atoms with van der Waals surface area (Å²) in [7, 11) is 0. The van der Waals surface area contributed by atoms with Crippen LogP contribution in [-0.4, -0.2) is 55.4 Å². The molecule has 0 aliphatic carbocycles. The van der Waals surface area contributed by atoms with E-state index in [1.54, 1.807) is 0 Å². The molecule has 1 fully saturated rings. The maximum atomic E-state index is 9.03. The van der Waals surface area contributed by atoms with Crippen LogP contribution in [0.4, 0.5) is 5.69 Å². The van der Waals surface area contributed by atoms with Crippen LogP contribution in [0, 0.1) is 6.92 Å². The maximum absolute atomic E-state index is 9.03. The molecule has 0 saturated carbocycles. The summed E-state index contributed by atoms with van der Waals surface area (Å²) < 4.78 is 0. The minimum Gasteiger partial charge on any atom is -0.395 e. The molecule has 0 bridgehead atoms. The molecule has 118 valence electrons. The van der Waals surface area contributed by atoms with Gasteiger partial charge in [-0.15, -0.1) is 0 Å². The van der Waals surface area contributed by atoms with Crippen LogP contribution in [0.5, 0.6) is 0 Å². The molecule has 4 heteroatoms. The Morgan fingerprint density at radius 2 is 1.90 bits per heavy atom. The minimum absolute atomic E-state index is 0.258. The van der Waals surface area contributed by atoms with Gasteiger partial charge in [-0.1, -0.05) is 31.5 Å². The third-order valence-electron chi connectivity index (χ3n) is 4.06. The molecule has 0 amide bonds. The van der Waals surface area contributed by atoms with E-state index in [0.717, 1.165) is 39.3 Å². The number of hydrogen-bond donors (Lipinski definition) is 2. The molecule has 1 aromatic rings. The van der Waals surface area contributed by atoms with E-state index in [1.165, 1.54) is 16.8 Å². The van der Waals surface area contributed by atoms with Gasteiger partial charge < -0.3 is 15.3 Å². The largest absolute Gasteiger partial charge is 0.395 e. The van der Waals surface area contributed by atoms with Crippen molar-refractivity contribution in [2.45, 2.75) is 33.4 Å². The van der Waals surface area contributed by atoms with Gasteiger partial charge in [0.15, 0.2) is 0 Å². The zero-order valence-corrected chi connectivity index (χ0v) is 13.6. The molecule has 1 aromatic carbocycles. The predicted molar refractivity (Wildman–Crippen MR) is 88.9 cm³/mol. The summed E-state index contributed by atoms with van der Waals surface area (Å²) in [6.07, 6.45) is 0. The minimum atomic E-state index is 0.258. The molecule has 0 aromatic heterocycles. The molecule has 1 saturated heterocycles. The van der Waals surface area contributed by atoms with Crippen LogP contribution in [0.1, 0.15) is 25.0 Å². The van der Waals surface area contributed by atoms with Crippen LogP contribution in [0.3, 0.4) is 0 Å². The summed E-state index contributed by atoms with van der Waals surface area (Å²) in [5.74, 6) is 0. The Balaban J connectivity index is 2.05. The SMILES string of the molecule is Cc1ccc(N2CCN(CCO)CC2)c(CNC(C)C)c1. The van der Waals surface area contributed by atoms with E-state index < -0.39 is 0 Å². The highest BCUT2D eigenvalue weighted by atomic mass is 16.3. The van der Waals surface area contributed by atoms with E-state index in [-0.39, 0.29) is 6.61 Å². The highest BCUT2D eigenvalue weighted by molar-refractivity contribution is 5.55. The van der Waals surface area contributed by atoms with E-state index in [0.29, 0.717) is 6.04 Å². The van der Waals surface area contributed by atoms with E-state index in [1.807, 2.05) is 0 Å². The first-order chi connectivity index (χ1) is 10.1. The predicted octanol–water partition coefficient (Wildman–Crippen LogP) is 1.61. The number of rotatable bonds is 6. The lowest BCUT2D eigenvalue weighted by atomic mass is 10.1. The Morgan fingerprint density at radius 3 is 2.52 bits per heavy atom. The second-order valence-corrected chi connectivity index (χ2v) is 6.22. The molecule has 2 N–H and O–H groups in total. The van der Waals surface area contributed by atoms with Crippen LogP contribution in [0.2, 0.25) is 0 Å². The number of anilines is 1. The zero-order valence-electron chi connectivity index (χ0n) is 13.6. The van der Waals surface area contributed by atoms with Gasteiger partial charge in [0.05, 0.1) is 6.61 Å². The number of aliphatic hydroxyl groups is 1. The van der Waals surface area contributed by atoms with Gasteiger partial charge in [-0.3, -0.25) is 4.90 Å². The van der Waals surface area contributed by atoms with Gasteiger partial charge in [0.2, 0.25) is 0 Å². The molecule has 0 spiro atoms. The maximum Gasteiger partial charge on any atom is 0.0558 e. The van der Waals surface area contributed by atoms with Gasteiger partial charge >= 0.3 is 0 Å². The van der Waals surface area contributed by atoms with Gasteiger partial charge in [0, 0.05) is 51.0 Å². The summed E-state index contributed by atoms with van der Waals surface area (Å²) in [5, 5.41) is 12.6. The smallest absolute Gasteiger partial charge is 0.0558 e. The van der Waals surface area contributed by atoms with Crippen molar-refractivity contribution in [3.8, 4) is 0 Å². The first kappa shape index (κ1) is 16.3. The molecule has 0 unspecified atom stereocenters. The van der Waals surface area contributed by atoms with Crippen molar-refractivity contribution in [2.24, 2.45) is 0 Å². The summed E-state index contributed by atoms with van der Waals surface area (Å²) in [5.41, 5.74) is 4.06. The van der Waals surface area contributed by atoms with E-state index >= 15 is 0 Å². The summed E-state index contributed by atoms with van der Waals surface area (Å²) in [4.78, 5) is 4.81. The number of hydrogen-bond acceptors (Lipinski definition) is 4. The Bertz CT molecular complexity index is 440. The van der Waals surface area contributed by atoms with E-state index in [9.17, 15) is 0 Å². The van der Waals surface area contributed by atoms with Crippen LogP contribution in [0.15, 0.2) is 18.2 Å². The lowest BCUT2D eigenvalue weighted by Crippen LogP contribution is -2.47.